The molecule has 0 spiro atoms. The third kappa shape index (κ3) is 3.85. The van der Waals surface area contributed by atoms with Crippen molar-refractivity contribution in [2.75, 3.05) is 18.8 Å². The Morgan fingerprint density at radius 2 is 1.63 bits per heavy atom. The quantitative estimate of drug-likeness (QED) is 0.619. The van der Waals surface area contributed by atoms with Crippen LogP contribution in [0.3, 0.4) is 0 Å². The van der Waals surface area contributed by atoms with Gasteiger partial charge in [0.1, 0.15) is 13.1 Å². The van der Waals surface area contributed by atoms with Crippen molar-refractivity contribution in [1.29, 1.82) is 0 Å². The van der Waals surface area contributed by atoms with Gasteiger partial charge in [-0.3, -0.25) is 14.4 Å². The van der Waals surface area contributed by atoms with E-state index >= 15 is 0 Å². The number of nitrogens with zero attached hydrogens (tertiary/aromatic N) is 1. The average molecular weight is 285 g/mol. The van der Waals surface area contributed by atoms with Gasteiger partial charge in [-0.2, -0.15) is 0 Å². The summed E-state index contributed by atoms with van der Waals surface area (Å²) >= 11 is 5.88. The molecule has 0 saturated carbocycles. The van der Waals surface area contributed by atoms with E-state index in [-0.39, 0.29) is 16.3 Å². The van der Waals surface area contributed by atoms with Gasteiger partial charge in [-0.1, -0.05) is 17.7 Å². The number of hydrogen-bond donors (Lipinski definition) is 3. The van der Waals surface area contributed by atoms with E-state index in [1.54, 1.807) is 6.07 Å². The molecule has 0 saturated heterocycles. The Bertz CT molecular complexity index is 496. The molecule has 0 atom stereocenters. The Kier molecular flexibility index (Phi) is 4.71. The molecule has 0 radical (unpaired) electrons. The Hall–Kier alpha value is -2.28. The first-order valence-electron chi connectivity index (χ1n) is 5.22. The van der Waals surface area contributed by atoms with Crippen LogP contribution in [0.2, 0.25) is 5.02 Å². The minimum absolute atomic E-state index is 0.00617. The molecule has 6 N–H and O–H groups in total. The summed E-state index contributed by atoms with van der Waals surface area (Å²) < 4.78 is 0. The summed E-state index contributed by atoms with van der Waals surface area (Å²) in [7, 11) is 0. The smallest absolute Gasteiger partial charge is 0.258 e. The fourth-order valence-electron chi connectivity index (χ4n) is 1.50. The third-order valence-electron chi connectivity index (χ3n) is 2.24. The van der Waals surface area contributed by atoms with E-state index in [1.165, 1.54) is 12.1 Å². The Morgan fingerprint density at radius 3 is 2.05 bits per heavy atom. The lowest BCUT2D eigenvalue weighted by Crippen LogP contribution is -2.43. The number of hydrogen-bond acceptors (Lipinski definition) is 4. The van der Waals surface area contributed by atoms with Crippen LogP contribution in [-0.4, -0.2) is 35.7 Å². The molecule has 1 rings (SSSR count). The summed E-state index contributed by atoms with van der Waals surface area (Å²) in [6.45, 7) is -0.904. The van der Waals surface area contributed by atoms with Gasteiger partial charge in [0, 0.05) is 5.69 Å². The topological polar surface area (TPSA) is 133 Å². The summed E-state index contributed by atoms with van der Waals surface area (Å²) in [5.74, 6) is -2.24. The first-order valence-corrected chi connectivity index (χ1v) is 5.60. The van der Waals surface area contributed by atoms with Gasteiger partial charge in [-0.15, -0.1) is 0 Å². The molecule has 0 unspecified atom stereocenters. The number of nitrogens with two attached hydrogens (primary N) is 3. The second-order valence-electron chi connectivity index (χ2n) is 3.80. The third-order valence-corrected chi connectivity index (χ3v) is 2.56. The van der Waals surface area contributed by atoms with Gasteiger partial charge in [-0.25, -0.2) is 0 Å². The largest absolute Gasteiger partial charge is 0.398 e. The zero-order valence-corrected chi connectivity index (χ0v) is 10.7. The first-order chi connectivity index (χ1) is 8.82. The highest BCUT2D eigenvalue weighted by atomic mass is 35.5. The van der Waals surface area contributed by atoms with Crippen LogP contribution in [0.15, 0.2) is 18.2 Å². The molecule has 0 bridgehead atoms. The fraction of sp³-hybridized carbons (Fsp3) is 0.182. The summed E-state index contributed by atoms with van der Waals surface area (Å²) in [6, 6.07) is 4.52. The van der Waals surface area contributed by atoms with Crippen LogP contribution in [0.4, 0.5) is 5.69 Å². The minimum atomic E-state index is -0.778. The predicted octanol–water partition coefficient (Wildman–Crippen LogP) is -0.665. The minimum Gasteiger partial charge on any atom is -0.398 e. The lowest BCUT2D eigenvalue weighted by molar-refractivity contribution is -0.121. The van der Waals surface area contributed by atoms with Gasteiger partial charge in [0.15, 0.2) is 0 Å². The molecule has 3 amide bonds. The van der Waals surface area contributed by atoms with Crippen LogP contribution in [0.25, 0.3) is 0 Å². The molecule has 0 aliphatic rings. The van der Waals surface area contributed by atoms with Crippen LogP contribution >= 0.6 is 11.6 Å². The van der Waals surface area contributed by atoms with Crippen LogP contribution in [0, 0.1) is 0 Å². The highest BCUT2D eigenvalue weighted by Crippen LogP contribution is 2.23. The van der Waals surface area contributed by atoms with Crippen molar-refractivity contribution in [3.05, 3.63) is 28.8 Å². The molecule has 1 aromatic carbocycles. The van der Waals surface area contributed by atoms with Crippen molar-refractivity contribution >= 4 is 35.0 Å². The molecule has 0 fully saturated rings. The zero-order valence-electron chi connectivity index (χ0n) is 9.93. The molecule has 7 nitrogen and oxygen atoms in total. The highest BCUT2D eigenvalue weighted by molar-refractivity contribution is 6.34. The van der Waals surface area contributed by atoms with Gasteiger partial charge in [0.05, 0.1) is 10.6 Å². The summed E-state index contributed by atoms with van der Waals surface area (Å²) in [4.78, 5) is 34.9. The lowest BCUT2D eigenvalue weighted by atomic mass is 10.1. The van der Waals surface area contributed by atoms with Gasteiger partial charge < -0.3 is 22.1 Å². The van der Waals surface area contributed by atoms with E-state index in [2.05, 4.69) is 0 Å². The molecule has 0 heterocycles. The number of rotatable bonds is 5. The molecular formula is C11H13ClN4O3. The maximum atomic E-state index is 12.2. The zero-order chi connectivity index (χ0) is 14.6. The molecular weight excluding hydrogens is 272 g/mol. The predicted molar refractivity (Wildman–Crippen MR) is 70.2 cm³/mol. The van der Waals surface area contributed by atoms with Crippen molar-refractivity contribution in [3.8, 4) is 0 Å². The summed E-state index contributed by atoms with van der Waals surface area (Å²) in [5.41, 5.74) is 15.8. The lowest BCUT2D eigenvalue weighted by Gasteiger charge is -2.20. The number of halogens is 1. The molecule has 19 heavy (non-hydrogen) atoms. The van der Waals surface area contributed by atoms with Crippen molar-refractivity contribution in [2.45, 2.75) is 0 Å². The van der Waals surface area contributed by atoms with Crippen LogP contribution in [-0.2, 0) is 9.59 Å². The molecule has 0 aromatic heterocycles. The first kappa shape index (κ1) is 14.8. The van der Waals surface area contributed by atoms with Gasteiger partial charge >= 0.3 is 0 Å². The Morgan fingerprint density at radius 1 is 1.11 bits per heavy atom. The van der Waals surface area contributed by atoms with Crippen LogP contribution in [0.5, 0.6) is 0 Å². The van der Waals surface area contributed by atoms with Crippen molar-refractivity contribution in [3.63, 3.8) is 0 Å². The van der Waals surface area contributed by atoms with Gasteiger partial charge in [0.25, 0.3) is 5.91 Å². The normalized spacial score (nSPS) is 9.95. The summed E-state index contributed by atoms with van der Waals surface area (Å²) in [6.07, 6.45) is 0. The number of anilines is 1. The highest BCUT2D eigenvalue weighted by Gasteiger charge is 2.23. The van der Waals surface area contributed by atoms with E-state index in [9.17, 15) is 14.4 Å². The van der Waals surface area contributed by atoms with Crippen LogP contribution < -0.4 is 17.2 Å². The molecule has 102 valence electrons. The Balaban J connectivity index is 3.11. The van der Waals surface area contributed by atoms with Gasteiger partial charge in [-0.05, 0) is 12.1 Å². The fourth-order valence-corrected chi connectivity index (χ4v) is 1.76. The van der Waals surface area contributed by atoms with E-state index in [0.717, 1.165) is 4.90 Å². The maximum absolute atomic E-state index is 12.2. The number of primary amides is 2. The molecule has 0 aliphatic heterocycles. The van der Waals surface area contributed by atoms with Gasteiger partial charge in [0.2, 0.25) is 11.8 Å². The van der Waals surface area contributed by atoms with Crippen LogP contribution in [0.1, 0.15) is 10.4 Å². The number of carbonyl (C=O) groups is 3. The summed E-state index contributed by atoms with van der Waals surface area (Å²) in [5, 5.41) is 0.115. The second kappa shape index (κ2) is 6.05. The SMILES string of the molecule is NC(=O)CN(CC(N)=O)C(=O)c1c(N)cccc1Cl. The molecule has 8 heteroatoms. The van der Waals surface area contributed by atoms with E-state index in [1.807, 2.05) is 0 Å². The Labute approximate surface area is 114 Å². The number of amides is 3. The monoisotopic (exact) mass is 284 g/mol. The van der Waals surface area contributed by atoms with E-state index < -0.39 is 30.8 Å². The number of nitrogen functional groups attached to an aromatic ring is 1. The van der Waals surface area contributed by atoms with E-state index in [0.29, 0.717) is 0 Å². The van der Waals surface area contributed by atoms with Crippen molar-refractivity contribution in [2.24, 2.45) is 11.5 Å². The standard InChI is InChI=1S/C11H13ClN4O3/c12-6-2-1-3-7(13)10(6)11(19)16(4-8(14)17)5-9(15)18/h1-3H,4-5,13H2,(H2,14,17)(H2,15,18). The van der Waals surface area contributed by atoms with Crippen molar-refractivity contribution in [1.82, 2.24) is 4.90 Å². The van der Waals surface area contributed by atoms with Crippen molar-refractivity contribution < 1.29 is 14.4 Å². The molecule has 0 aliphatic carbocycles. The average Bonchev–Trinajstić information content (AvgIpc) is 2.26. The maximum Gasteiger partial charge on any atom is 0.258 e. The molecule has 1 aromatic rings. The number of benzene rings is 1. The second-order valence-corrected chi connectivity index (χ2v) is 4.21. The van der Waals surface area contributed by atoms with E-state index in [4.69, 9.17) is 28.8 Å². The number of carbonyl (C=O) groups excluding carboxylic acids is 3.